The third kappa shape index (κ3) is 2.00. The van der Waals surface area contributed by atoms with Crippen LogP contribution in [-0.4, -0.2) is 22.8 Å². The van der Waals surface area contributed by atoms with Crippen molar-refractivity contribution in [3.63, 3.8) is 0 Å². The summed E-state index contributed by atoms with van der Waals surface area (Å²) >= 11 is 0. The first kappa shape index (κ1) is 13.7. The first-order chi connectivity index (χ1) is 10.0. The number of hydrogen-bond donors (Lipinski definition) is 1. The molecule has 0 amide bonds. The number of aromatic carboxylic acids is 1. The first-order valence-corrected chi connectivity index (χ1v) is 7.00. The number of carboxylic acid groups (broad SMARTS) is 1. The van der Waals surface area contributed by atoms with Crippen LogP contribution in [0.3, 0.4) is 0 Å². The van der Waals surface area contributed by atoms with Crippen molar-refractivity contribution in [3.8, 4) is 5.75 Å². The molecule has 0 radical (unpaired) electrons. The zero-order valence-corrected chi connectivity index (χ0v) is 12.0. The quantitative estimate of drug-likeness (QED) is 0.942. The molecule has 1 aromatic carbocycles. The summed E-state index contributed by atoms with van der Waals surface area (Å²) in [5.41, 5.74) is 1.00. The number of carbonyl (C=O) groups is 1. The molecular weight excluding hydrogens is 270 g/mol. The van der Waals surface area contributed by atoms with Crippen molar-refractivity contribution in [1.82, 2.24) is 4.57 Å². The highest BCUT2D eigenvalue weighted by molar-refractivity contribution is 5.94. The van der Waals surface area contributed by atoms with Crippen LogP contribution in [-0.2, 0) is 0 Å². The maximum atomic E-state index is 12.4. The second-order valence-electron chi connectivity index (χ2n) is 5.48. The average molecular weight is 287 g/mol. The summed E-state index contributed by atoms with van der Waals surface area (Å²) in [6, 6.07) is 3.72. The first-order valence-electron chi connectivity index (χ1n) is 7.00. The smallest absolute Gasteiger partial charge is 0.341 e. The molecule has 0 aliphatic heterocycles. The van der Waals surface area contributed by atoms with Gasteiger partial charge in [-0.15, -0.1) is 0 Å². The van der Waals surface area contributed by atoms with Gasteiger partial charge < -0.3 is 14.4 Å². The molecule has 1 aliphatic rings. The number of aromatic nitrogens is 1. The normalized spacial score (nSPS) is 15.0. The van der Waals surface area contributed by atoms with Gasteiger partial charge in [-0.3, -0.25) is 4.79 Å². The molecule has 1 saturated carbocycles. The molecule has 1 heterocycles. The summed E-state index contributed by atoms with van der Waals surface area (Å²) < 4.78 is 7.38. The van der Waals surface area contributed by atoms with E-state index in [1.807, 2.05) is 11.5 Å². The summed E-state index contributed by atoms with van der Waals surface area (Å²) in [6.45, 7) is 1.92. The van der Waals surface area contributed by atoms with Gasteiger partial charge >= 0.3 is 5.97 Å². The van der Waals surface area contributed by atoms with Gasteiger partial charge in [0.25, 0.3) is 0 Å². The summed E-state index contributed by atoms with van der Waals surface area (Å²) in [6.07, 6.45) is 4.58. The van der Waals surface area contributed by atoms with Crippen LogP contribution in [0, 0.1) is 6.92 Å². The summed E-state index contributed by atoms with van der Waals surface area (Å²) in [5.74, 6) is -0.539. The highest BCUT2D eigenvalue weighted by Crippen LogP contribution is 2.37. The van der Waals surface area contributed by atoms with Gasteiger partial charge in [-0.25, -0.2) is 4.79 Å². The number of methoxy groups -OCH3 is 1. The second kappa shape index (κ2) is 4.91. The standard InChI is InChI=1S/C16H17NO4/c1-9-6-7-11-13(15(9)21-2)17(10-4-3-5-10)8-12(14(11)18)16(19)20/h6-8,10H,3-5H2,1-2H3,(H,19,20). The van der Waals surface area contributed by atoms with Gasteiger partial charge in [-0.05, 0) is 37.8 Å². The third-order valence-electron chi connectivity index (χ3n) is 4.25. The molecule has 110 valence electrons. The average Bonchev–Trinajstić information content (AvgIpc) is 2.39. The highest BCUT2D eigenvalue weighted by atomic mass is 16.5. The molecule has 1 aromatic heterocycles. The van der Waals surface area contributed by atoms with Crippen LogP contribution in [0.4, 0.5) is 0 Å². The van der Waals surface area contributed by atoms with E-state index in [0.29, 0.717) is 16.7 Å². The predicted octanol–water partition coefficient (Wildman–Crippen LogP) is 2.74. The predicted molar refractivity (Wildman–Crippen MR) is 79.3 cm³/mol. The molecule has 0 atom stereocenters. The molecule has 1 N–H and O–H groups in total. The van der Waals surface area contributed by atoms with Gasteiger partial charge in [0, 0.05) is 12.2 Å². The van der Waals surface area contributed by atoms with E-state index >= 15 is 0 Å². The van der Waals surface area contributed by atoms with Crippen molar-refractivity contribution in [1.29, 1.82) is 0 Å². The minimum Gasteiger partial charge on any atom is -0.494 e. The summed E-state index contributed by atoms with van der Waals surface area (Å²) in [5, 5.41) is 9.67. The molecule has 5 nitrogen and oxygen atoms in total. The molecule has 0 saturated heterocycles. The Labute approximate surface area is 121 Å². The van der Waals surface area contributed by atoms with Crippen molar-refractivity contribution in [2.75, 3.05) is 7.11 Å². The van der Waals surface area contributed by atoms with E-state index in [2.05, 4.69) is 0 Å². The molecule has 0 bridgehead atoms. The zero-order valence-electron chi connectivity index (χ0n) is 12.0. The van der Waals surface area contributed by atoms with Crippen LogP contribution in [0.5, 0.6) is 5.75 Å². The van der Waals surface area contributed by atoms with Crippen molar-refractivity contribution in [2.24, 2.45) is 0 Å². The summed E-state index contributed by atoms with van der Waals surface area (Å²) in [7, 11) is 1.57. The van der Waals surface area contributed by atoms with Crippen LogP contribution in [0.1, 0.15) is 41.2 Å². The number of pyridine rings is 1. The van der Waals surface area contributed by atoms with E-state index < -0.39 is 11.4 Å². The Hall–Kier alpha value is -2.30. The number of aryl methyl sites for hydroxylation is 1. The molecule has 0 spiro atoms. The van der Waals surface area contributed by atoms with E-state index in [9.17, 15) is 14.7 Å². The lowest BCUT2D eigenvalue weighted by Gasteiger charge is -2.30. The van der Waals surface area contributed by atoms with E-state index in [4.69, 9.17) is 4.74 Å². The number of carboxylic acids is 1. The molecule has 2 aromatic rings. The van der Waals surface area contributed by atoms with Gasteiger partial charge in [0.05, 0.1) is 18.0 Å². The maximum Gasteiger partial charge on any atom is 0.341 e. The van der Waals surface area contributed by atoms with Crippen LogP contribution in [0.25, 0.3) is 10.9 Å². The Morgan fingerprint density at radius 2 is 2.10 bits per heavy atom. The van der Waals surface area contributed by atoms with Crippen LogP contribution in [0.2, 0.25) is 0 Å². The lowest BCUT2D eigenvalue weighted by molar-refractivity contribution is 0.0694. The topological polar surface area (TPSA) is 68.5 Å². The van der Waals surface area contributed by atoms with Crippen molar-refractivity contribution < 1.29 is 14.6 Å². The van der Waals surface area contributed by atoms with Gasteiger partial charge in [0.1, 0.15) is 11.3 Å². The van der Waals surface area contributed by atoms with E-state index in [0.717, 1.165) is 24.8 Å². The fourth-order valence-corrected chi connectivity index (χ4v) is 2.88. The fourth-order valence-electron chi connectivity index (χ4n) is 2.88. The highest BCUT2D eigenvalue weighted by Gasteiger charge is 2.25. The van der Waals surface area contributed by atoms with Crippen molar-refractivity contribution in [2.45, 2.75) is 32.2 Å². The molecule has 1 fully saturated rings. The van der Waals surface area contributed by atoms with Crippen LogP contribution in [0.15, 0.2) is 23.1 Å². The van der Waals surface area contributed by atoms with Crippen LogP contribution >= 0.6 is 0 Å². The maximum absolute atomic E-state index is 12.4. The zero-order chi connectivity index (χ0) is 15.1. The number of fused-ring (bicyclic) bond motifs is 1. The Balaban J connectivity index is 2.45. The van der Waals surface area contributed by atoms with Gasteiger partial charge in [0.2, 0.25) is 5.43 Å². The lowest BCUT2D eigenvalue weighted by atomic mass is 9.91. The Kier molecular flexibility index (Phi) is 3.20. The summed E-state index contributed by atoms with van der Waals surface area (Å²) in [4.78, 5) is 23.7. The van der Waals surface area contributed by atoms with Crippen molar-refractivity contribution >= 4 is 16.9 Å². The molecule has 0 unspecified atom stereocenters. The van der Waals surface area contributed by atoms with Crippen LogP contribution < -0.4 is 10.2 Å². The SMILES string of the molecule is COc1c(C)ccc2c(=O)c(C(=O)O)cn(C3CCC3)c12. The number of nitrogens with zero attached hydrogens (tertiary/aromatic N) is 1. The van der Waals surface area contributed by atoms with Crippen molar-refractivity contribution in [3.05, 3.63) is 39.7 Å². The number of benzene rings is 1. The Morgan fingerprint density at radius 3 is 2.62 bits per heavy atom. The van der Waals surface area contributed by atoms with Gasteiger partial charge in [0.15, 0.2) is 0 Å². The molecule has 5 heteroatoms. The monoisotopic (exact) mass is 287 g/mol. The Morgan fingerprint density at radius 1 is 1.38 bits per heavy atom. The molecule has 1 aliphatic carbocycles. The molecular formula is C16H17NO4. The van der Waals surface area contributed by atoms with E-state index in [-0.39, 0.29) is 11.6 Å². The second-order valence-corrected chi connectivity index (χ2v) is 5.48. The van der Waals surface area contributed by atoms with E-state index in [1.54, 1.807) is 19.2 Å². The minimum absolute atomic E-state index is 0.180. The minimum atomic E-state index is -1.19. The number of ether oxygens (including phenoxy) is 1. The third-order valence-corrected chi connectivity index (χ3v) is 4.25. The van der Waals surface area contributed by atoms with Gasteiger partial charge in [-0.1, -0.05) is 6.07 Å². The van der Waals surface area contributed by atoms with E-state index in [1.165, 1.54) is 6.20 Å². The largest absolute Gasteiger partial charge is 0.494 e. The van der Waals surface area contributed by atoms with Gasteiger partial charge in [-0.2, -0.15) is 0 Å². The number of hydrogen-bond acceptors (Lipinski definition) is 3. The number of rotatable bonds is 3. The lowest BCUT2D eigenvalue weighted by Crippen LogP contribution is -2.24. The Bertz CT molecular complexity index is 787. The molecule has 21 heavy (non-hydrogen) atoms. The molecule has 3 rings (SSSR count). The fraction of sp³-hybridized carbons (Fsp3) is 0.375.